The molecular weight excluding hydrogens is 402 g/mol. The average Bonchev–Trinajstić information content (AvgIpc) is 3.26. The summed E-state index contributed by atoms with van der Waals surface area (Å²) in [5, 5.41) is 3.32. The first-order valence-electron chi connectivity index (χ1n) is 9.26. The van der Waals surface area contributed by atoms with Crippen molar-refractivity contribution >= 4 is 44.5 Å². The van der Waals surface area contributed by atoms with Gasteiger partial charge >= 0.3 is 5.97 Å². The summed E-state index contributed by atoms with van der Waals surface area (Å²) in [4.78, 5) is 27.2. The van der Waals surface area contributed by atoms with Gasteiger partial charge in [0.25, 0.3) is 15.9 Å². The summed E-state index contributed by atoms with van der Waals surface area (Å²) in [5.41, 5.74) is 1.14. The van der Waals surface area contributed by atoms with E-state index in [-0.39, 0.29) is 17.7 Å². The third-order valence-corrected chi connectivity index (χ3v) is 7.37. The first kappa shape index (κ1) is 19.3. The average molecular weight is 424 g/mol. The van der Waals surface area contributed by atoms with Gasteiger partial charge in [0.2, 0.25) is 0 Å². The Morgan fingerprint density at radius 3 is 2.82 bits per heavy atom. The summed E-state index contributed by atoms with van der Waals surface area (Å²) in [6, 6.07) is 5.19. The number of fused-ring (bicyclic) bond motifs is 3. The predicted octanol–water partition coefficient (Wildman–Crippen LogP) is 1.90. The Balaban J connectivity index is 1.43. The lowest BCUT2D eigenvalue weighted by atomic mass is 10.2. The van der Waals surface area contributed by atoms with E-state index in [4.69, 9.17) is 4.74 Å². The molecule has 1 unspecified atom stereocenters. The van der Waals surface area contributed by atoms with Crippen molar-refractivity contribution in [3.05, 3.63) is 23.8 Å². The van der Waals surface area contributed by atoms with Crippen molar-refractivity contribution in [3.8, 4) is 0 Å². The Morgan fingerprint density at radius 2 is 2.07 bits per heavy atom. The van der Waals surface area contributed by atoms with Crippen LogP contribution in [-0.2, 0) is 19.6 Å². The highest BCUT2D eigenvalue weighted by Gasteiger charge is 2.34. The fourth-order valence-corrected chi connectivity index (χ4v) is 5.82. The topological polar surface area (TPSA) is 105 Å². The number of amidine groups is 1. The second kappa shape index (κ2) is 7.40. The van der Waals surface area contributed by atoms with Crippen LogP contribution in [-0.4, -0.2) is 49.9 Å². The number of amides is 1. The molecule has 0 saturated heterocycles. The molecule has 2 aliphatic heterocycles. The number of carbonyl (C=O) groups is 2. The van der Waals surface area contributed by atoms with Crippen molar-refractivity contribution in [2.24, 2.45) is 4.40 Å². The SMILES string of the molecule is CC(OC(=O)c1ccc2c(c1)SC1=NS(=O)(=O)CCN12)C(=O)NC1CCCC1. The van der Waals surface area contributed by atoms with Crippen LogP contribution in [0.15, 0.2) is 27.5 Å². The Kier molecular flexibility index (Phi) is 5.09. The molecule has 0 radical (unpaired) electrons. The quantitative estimate of drug-likeness (QED) is 0.738. The predicted molar refractivity (Wildman–Crippen MR) is 106 cm³/mol. The number of rotatable bonds is 4. The minimum atomic E-state index is -3.43. The first-order valence-corrected chi connectivity index (χ1v) is 11.7. The van der Waals surface area contributed by atoms with Gasteiger partial charge in [-0.2, -0.15) is 0 Å². The molecule has 0 bridgehead atoms. The molecule has 1 aromatic carbocycles. The highest BCUT2D eigenvalue weighted by molar-refractivity contribution is 8.15. The summed E-state index contributed by atoms with van der Waals surface area (Å²) < 4.78 is 32.5. The minimum absolute atomic E-state index is 0.0338. The van der Waals surface area contributed by atoms with E-state index >= 15 is 0 Å². The van der Waals surface area contributed by atoms with Crippen molar-refractivity contribution in [2.45, 2.75) is 49.6 Å². The maximum Gasteiger partial charge on any atom is 0.338 e. The maximum atomic E-state index is 12.5. The summed E-state index contributed by atoms with van der Waals surface area (Å²) in [6.45, 7) is 1.90. The monoisotopic (exact) mass is 423 g/mol. The van der Waals surface area contributed by atoms with E-state index in [9.17, 15) is 18.0 Å². The molecule has 3 aliphatic rings. The summed E-state index contributed by atoms with van der Waals surface area (Å²) in [6.07, 6.45) is 3.26. The molecule has 28 heavy (non-hydrogen) atoms. The van der Waals surface area contributed by atoms with E-state index in [1.54, 1.807) is 25.1 Å². The van der Waals surface area contributed by atoms with Crippen molar-refractivity contribution in [1.29, 1.82) is 0 Å². The Morgan fingerprint density at radius 1 is 1.32 bits per heavy atom. The molecule has 1 saturated carbocycles. The van der Waals surface area contributed by atoms with Crippen LogP contribution >= 0.6 is 11.8 Å². The van der Waals surface area contributed by atoms with Gasteiger partial charge in [-0.25, -0.2) is 13.2 Å². The molecular formula is C18H21N3O5S2. The van der Waals surface area contributed by atoms with E-state index in [0.29, 0.717) is 17.3 Å². The van der Waals surface area contributed by atoms with Gasteiger partial charge in [-0.15, -0.1) is 4.40 Å². The van der Waals surface area contributed by atoms with Crippen LogP contribution in [0, 0.1) is 0 Å². The van der Waals surface area contributed by atoms with Crippen LogP contribution in [0.3, 0.4) is 0 Å². The number of sulfonamides is 1. The van der Waals surface area contributed by atoms with E-state index in [0.717, 1.165) is 36.3 Å². The summed E-state index contributed by atoms with van der Waals surface area (Å²) >= 11 is 1.21. The number of thioether (sulfide) groups is 1. The number of carbonyl (C=O) groups excluding carboxylic acids is 2. The zero-order valence-corrected chi connectivity index (χ0v) is 17.0. The van der Waals surface area contributed by atoms with Crippen molar-refractivity contribution in [2.75, 3.05) is 17.2 Å². The van der Waals surface area contributed by atoms with E-state index in [1.165, 1.54) is 11.8 Å². The number of nitrogens with one attached hydrogen (secondary N) is 1. The highest BCUT2D eigenvalue weighted by atomic mass is 32.2. The molecule has 2 heterocycles. The molecule has 10 heteroatoms. The van der Waals surface area contributed by atoms with Gasteiger partial charge < -0.3 is 15.0 Å². The Labute approximate surface area is 167 Å². The zero-order valence-electron chi connectivity index (χ0n) is 15.4. The van der Waals surface area contributed by atoms with Crippen molar-refractivity contribution in [1.82, 2.24) is 5.32 Å². The van der Waals surface area contributed by atoms with Gasteiger partial charge in [-0.1, -0.05) is 12.8 Å². The third kappa shape index (κ3) is 3.88. The molecule has 8 nitrogen and oxygen atoms in total. The zero-order chi connectivity index (χ0) is 19.9. The van der Waals surface area contributed by atoms with Gasteiger partial charge in [0.1, 0.15) is 0 Å². The number of hydrogen-bond donors (Lipinski definition) is 1. The second-order valence-corrected chi connectivity index (χ2v) is 9.90. The summed E-state index contributed by atoms with van der Waals surface area (Å²) in [7, 11) is -3.43. The lowest BCUT2D eigenvalue weighted by molar-refractivity contribution is -0.129. The maximum absolute atomic E-state index is 12.5. The van der Waals surface area contributed by atoms with Crippen LogP contribution in [0.25, 0.3) is 0 Å². The number of anilines is 1. The number of esters is 1. The van der Waals surface area contributed by atoms with Crippen LogP contribution in [0.1, 0.15) is 43.0 Å². The fourth-order valence-electron chi connectivity index (χ4n) is 3.53. The standard InChI is InChI=1S/C18H21N3O5S2/c1-11(16(22)19-13-4-2-3-5-13)26-17(23)12-6-7-14-15(10-12)27-18-20-28(24,25)9-8-21(14)18/h6-7,10-11,13H,2-5,8-9H2,1H3,(H,19,22). The van der Waals surface area contributed by atoms with Crippen LogP contribution < -0.4 is 10.2 Å². The molecule has 0 spiro atoms. The van der Waals surface area contributed by atoms with E-state index in [1.807, 2.05) is 4.90 Å². The van der Waals surface area contributed by atoms with Gasteiger partial charge in [0.05, 0.1) is 17.0 Å². The number of ether oxygens (including phenoxy) is 1. The third-order valence-electron chi connectivity index (χ3n) is 5.06. The number of nitrogens with zero attached hydrogens (tertiary/aromatic N) is 2. The molecule has 0 aromatic heterocycles. The lowest BCUT2D eigenvalue weighted by Gasteiger charge is -2.22. The lowest BCUT2D eigenvalue weighted by Crippen LogP contribution is -2.40. The van der Waals surface area contributed by atoms with Crippen molar-refractivity contribution in [3.63, 3.8) is 0 Å². The largest absolute Gasteiger partial charge is 0.449 e. The molecule has 1 atom stereocenters. The van der Waals surface area contributed by atoms with Crippen LogP contribution in [0.4, 0.5) is 5.69 Å². The fraction of sp³-hybridized carbons (Fsp3) is 0.500. The smallest absolute Gasteiger partial charge is 0.338 e. The van der Waals surface area contributed by atoms with Crippen LogP contribution in [0.5, 0.6) is 0 Å². The van der Waals surface area contributed by atoms with Gasteiger partial charge in [0.15, 0.2) is 11.3 Å². The molecule has 1 aromatic rings. The first-order chi connectivity index (χ1) is 13.3. The Bertz CT molecular complexity index is 954. The molecule has 1 N–H and O–H groups in total. The second-order valence-electron chi connectivity index (χ2n) is 7.13. The molecule has 4 rings (SSSR count). The number of hydrogen-bond acceptors (Lipinski definition) is 7. The molecule has 1 fully saturated rings. The van der Waals surface area contributed by atoms with Gasteiger partial charge in [0, 0.05) is 17.5 Å². The van der Waals surface area contributed by atoms with Crippen molar-refractivity contribution < 1.29 is 22.7 Å². The minimum Gasteiger partial charge on any atom is -0.449 e. The normalized spacial score (nSPS) is 21.5. The van der Waals surface area contributed by atoms with E-state index in [2.05, 4.69) is 9.71 Å². The van der Waals surface area contributed by atoms with Gasteiger partial charge in [-0.05, 0) is 49.7 Å². The van der Waals surface area contributed by atoms with E-state index < -0.39 is 22.1 Å². The van der Waals surface area contributed by atoms with Crippen LogP contribution in [0.2, 0.25) is 0 Å². The Hall–Kier alpha value is -2.07. The molecule has 1 amide bonds. The van der Waals surface area contributed by atoms with Gasteiger partial charge in [-0.3, -0.25) is 4.79 Å². The summed E-state index contributed by atoms with van der Waals surface area (Å²) in [5.74, 6) is -0.905. The highest BCUT2D eigenvalue weighted by Crippen LogP contribution is 2.42. The number of benzene rings is 1. The molecule has 150 valence electrons. The molecule has 1 aliphatic carbocycles.